The monoisotopic (exact) mass is 1590 g/mol. The molecule has 2 saturated heterocycles. The molecule has 8 aromatic carbocycles. The normalized spacial score (nSPS) is 15.1. The van der Waals surface area contributed by atoms with Gasteiger partial charge in [0.2, 0.25) is 0 Å². The molecule has 23 heteroatoms. The fourth-order valence-electron chi connectivity index (χ4n) is 14.1. The number of aromatic nitrogens is 2. The summed E-state index contributed by atoms with van der Waals surface area (Å²) in [4.78, 5) is 29.4. The minimum Gasteiger partial charge on any atom is -0.493 e. The molecule has 10 aromatic rings. The quantitative estimate of drug-likeness (QED) is 0.0206. The molecule has 115 heavy (non-hydrogen) atoms. The number of halogens is 2. The highest BCUT2D eigenvalue weighted by Crippen LogP contribution is 2.40. The highest BCUT2D eigenvalue weighted by Gasteiger charge is 2.27. The first-order chi connectivity index (χ1) is 55.9. The van der Waals surface area contributed by atoms with Crippen LogP contribution in [0.5, 0.6) is 34.5 Å². The number of carbonyl (C=O) groups is 1. The summed E-state index contributed by atoms with van der Waals surface area (Å²) in [5.41, 5.74) is 26.2. The lowest BCUT2D eigenvalue weighted by Gasteiger charge is -2.32. The summed E-state index contributed by atoms with van der Waals surface area (Å²) in [5.74, 6) is 4.27. The van der Waals surface area contributed by atoms with Gasteiger partial charge in [-0.2, -0.15) is 10.5 Å². The lowest BCUT2D eigenvalue weighted by atomic mass is 9.93. The van der Waals surface area contributed by atoms with Gasteiger partial charge in [0, 0.05) is 119 Å². The van der Waals surface area contributed by atoms with Gasteiger partial charge >= 0.3 is 0 Å². The zero-order valence-electron chi connectivity index (χ0n) is 65.3. The Bertz CT molecular complexity index is 4990. The molecule has 5 heterocycles. The number of piperidine rings is 2. The van der Waals surface area contributed by atoms with Crippen molar-refractivity contribution in [3.05, 3.63) is 283 Å². The van der Waals surface area contributed by atoms with Crippen LogP contribution in [0, 0.1) is 50.4 Å². The Kier molecular flexibility index (Phi) is 31.5. The van der Waals surface area contributed by atoms with Crippen LogP contribution in [0.3, 0.4) is 0 Å². The third-order valence-corrected chi connectivity index (χ3v) is 21.5. The van der Waals surface area contributed by atoms with Gasteiger partial charge in [-0.25, -0.2) is 0 Å². The second-order valence-corrected chi connectivity index (χ2v) is 29.9. The van der Waals surface area contributed by atoms with E-state index in [4.69, 9.17) is 68.2 Å². The number of ether oxygens (including phenoxy) is 6. The van der Waals surface area contributed by atoms with Crippen molar-refractivity contribution in [1.29, 1.82) is 10.5 Å². The SMILES string of the molecule is Cc1c(COc2cc(OCc3cncc(C#N)c3)c(C3=NCC(O)CN3)cc2Cl)cccc1-c1cccc(OCC(CN2CCC(O)CC2)c2ccccc2)c1C.Cc1c(COc2cc(OCc3cncc(C#N)c3)c(C=O)cc2Cl)cccc1-c1cccc(OCC(CN2CCC(O)CC2)c2ccccc2)c1C.NCC(O)CN. The van der Waals surface area contributed by atoms with E-state index < -0.39 is 12.2 Å². The number of nitrogens with zero attached hydrogens (tertiary/aromatic N) is 7. The summed E-state index contributed by atoms with van der Waals surface area (Å²) in [6.07, 6.45) is 8.67. The van der Waals surface area contributed by atoms with Gasteiger partial charge in [-0.05, 0) is 157 Å². The number of aliphatic imine (C=N–C) groups is 1. The molecule has 3 atom stereocenters. The van der Waals surface area contributed by atoms with E-state index >= 15 is 0 Å². The van der Waals surface area contributed by atoms with E-state index in [-0.39, 0.29) is 70.1 Å². The summed E-state index contributed by atoms with van der Waals surface area (Å²) >= 11 is 13.4. The van der Waals surface area contributed by atoms with E-state index in [0.717, 1.165) is 138 Å². The van der Waals surface area contributed by atoms with E-state index in [2.05, 4.69) is 149 Å². The topological polar surface area (TPSA) is 310 Å². The van der Waals surface area contributed by atoms with Crippen molar-refractivity contribution in [3.63, 3.8) is 0 Å². The van der Waals surface area contributed by atoms with Crippen molar-refractivity contribution in [3.8, 4) is 68.9 Å². The third kappa shape index (κ3) is 23.7. The number of aldehydes is 1. The van der Waals surface area contributed by atoms with Crippen LogP contribution in [0.15, 0.2) is 200 Å². The molecule has 0 spiro atoms. The van der Waals surface area contributed by atoms with Crippen LogP contribution < -0.4 is 45.2 Å². The van der Waals surface area contributed by atoms with E-state index in [1.165, 1.54) is 29.6 Å². The molecule has 3 aliphatic rings. The maximum absolute atomic E-state index is 11.8. The van der Waals surface area contributed by atoms with Crippen molar-refractivity contribution >= 4 is 35.3 Å². The summed E-state index contributed by atoms with van der Waals surface area (Å²) in [5, 5.41) is 60.9. The number of β-amino-alcohol motifs (C(OH)–C–C–N with tert-alkyl or cyclic N) is 1. The Morgan fingerprint density at radius 3 is 1.35 bits per heavy atom. The number of hydrogen-bond donors (Lipinski definition) is 7. The number of benzene rings is 8. The number of rotatable bonds is 30. The second kappa shape index (κ2) is 42.6. The smallest absolute Gasteiger partial charge is 0.153 e. The molecule has 0 aliphatic carbocycles. The van der Waals surface area contributed by atoms with Gasteiger partial charge in [0.15, 0.2) is 6.29 Å². The molecule has 2 aromatic heterocycles. The zero-order valence-corrected chi connectivity index (χ0v) is 66.9. The lowest BCUT2D eigenvalue weighted by molar-refractivity contribution is 0.0760. The summed E-state index contributed by atoms with van der Waals surface area (Å²) in [7, 11) is 0. The fraction of sp³-hybridized carbons (Fsp3) is 0.326. The summed E-state index contributed by atoms with van der Waals surface area (Å²) in [6, 6.07) is 60.1. The van der Waals surface area contributed by atoms with Crippen LogP contribution in [0.4, 0.5) is 0 Å². The van der Waals surface area contributed by atoms with Crippen LogP contribution in [0.2, 0.25) is 10.0 Å². The van der Waals surface area contributed by atoms with Crippen LogP contribution in [0.1, 0.15) is 120 Å². The molecule has 9 N–H and O–H groups in total. The average molecular weight is 1590 g/mol. The number of nitriles is 2. The van der Waals surface area contributed by atoms with E-state index in [1.807, 2.05) is 54.6 Å². The molecular formula is C92H100Cl2N10O11. The predicted molar refractivity (Wildman–Crippen MR) is 448 cm³/mol. The van der Waals surface area contributed by atoms with Crippen molar-refractivity contribution in [2.75, 3.05) is 78.7 Å². The Labute approximate surface area is 683 Å². The standard InChI is InChI=1S/C46H48ClN5O5.C43H42ClN3O5.C3H10N2O/c1-30-35(28-57-45-20-44(55-27-33-18-32(21-48)22-49-23-33)41(19-42(45)47)46-50-24-38(54)25-51-46)10-6-11-39(30)40-12-7-13-43(31(40)2)56-29-36(34-8-4-3-5-9-34)26-52-16-14-37(53)15-17-52;1-29-34(27-52-43-20-42(35(25-48)19-40(43)44)50-26-32-18-31(21-45)22-46-23-32)10-6-11-38(29)39-12-7-13-41(30(39)2)51-28-36(33-8-4-3-5-9-33)24-47-16-14-37(49)15-17-47;4-1-3(6)2-5/h3-13,18-20,22-23,36-38,53-54H,14-17,24-29H2,1-2H3,(H,50,51);3-13,18-20,22-23,25,36-37,49H,14-17,24,26-28H2,1-2H3;3,6H,1-2,4-5H2. The Morgan fingerprint density at radius 2 is 0.922 bits per heavy atom. The van der Waals surface area contributed by atoms with E-state index in [0.29, 0.717) is 92.7 Å². The highest BCUT2D eigenvalue weighted by atomic mass is 35.5. The zero-order chi connectivity index (χ0) is 81.2. The van der Waals surface area contributed by atoms with Gasteiger partial charge in [-0.3, -0.25) is 19.8 Å². The van der Waals surface area contributed by atoms with Gasteiger partial charge in [-0.15, -0.1) is 0 Å². The minimum absolute atomic E-state index is 0.115. The first kappa shape index (κ1) is 85.1. The van der Waals surface area contributed by atoms with Crippen molar-refractivity contribution in [1.82, 2.24) is 25.1 Å². The summed E-state index contributed by atoms with van der Waals surface area (Å²) in [6.45, 7) is 16.7. The van der Waals surface area contributed by atoms with E-state index in [1.54, 1.807) is 42.7 Å². The van der Waals surface area contributed by atoms with Gasteiger partial charge < -0.3 is 75.4 Å². The molecule has 0 saturated carbocycles. The molecule has 0 radical (unpaired) electrons. The molecular weight excluding hydrogens is 1490 g/mol. The Balaban J connectivity index is 0.000000212. The lowest BCUT2D eigenvalue weighted by Crippen LogP contribution is -2.39. The largest absolute Gasteiger partial charge is 0.493 e. The number of nitrogens with one attached hydrogen (secondary N) is 1. The maximum Gasteiger partial charge on any atom is 0.153 e. The molecule has 0 bridgehead atoms. The molecule has 598 valence electrons. The van der Waals surface area contributed by atoms with Gasteiger partial charge in [0.05, 0.1) is 76.5 Å². The molecule has 13 rings (SSSR count). The van der Waals surface area contributed by atoms with Crippen LogP contribution in [0.25, 0.3) is 22.3 Å². The van der Waals surface area contributed by atoms with Crippen molar-refractivity contribution in [2.45, 2.75) is 116 Å². The number of hydrogen-bond acceptors (Lipinski definition) is 21. The number of pyridine rings is 2. The van der Waals surface area contributed by atoms with Gasteiger partial charge in [0.25, 0.3) is 0 Å². The first-order valence-electron chi connectivity index (χ1n) is 38.8. The highest BCUT2D eigenvalue weighted by molar-refractivity contribution is 6.33. The summed E-state index contributed by atoms with van der Waals surface area (Å²) < 4.78 is 38.1. The Hall–Kier alpha value is -10.8. The second-order valence-electron chi connectivity index (χ2n) is 29.0. The van der Waals surface area contributed by atoms with Gasteiger partial charge in [-0.1, -0.05) is 145 Å². The fourth-order valence-corrected chi connectivity index (χ4v) is 14.5. The Morgan fingerprint density at radius 1 is 0.496 bits per heavy atom. The molecule has 2 fully saturated rings. The number of aliphatic hydroxyl groups excluding tert-OH is 4. The number of likely N-dealkylation sites (tertiary alicyclic amines) is 2. The first-order valence-corrected chi connectivity index (χ1v) is 39.5. The number of aliphatic hydroxyl groups is 4. The maximum atomic E-state index is 11.8. The number of carbonyl (C=O) groups excluding carboxylic acids is 1. The van der Waals surface area contributed by atoms with Gasteiger partial charge in [0.1, 0.15) is 78.9 Å². The number of nitrogens with two attached hydrogens (primary N) is 2. The molecule has 3 unspecified atom stereocenters. The predicted octanol–water partition coefficient (Wildman–Crippen LogP) is 14.1. The van der Waals surface area contributed by atoms with Crippen molar-refractivity contribution < 1.29 is 53.6 Å². The average Bonchev–Trinajstić information content (AvgIpc) is 0.799. The van der Waals surface area contributed by atoms with Crippen molar-refractivity contribution in [2.24, 2.45) is 16.5 Å². The molecule has 21 nitrogen and oxygen atoms in total. The van der Waals surface area contributed by atoms with Crippen LogP contribution >= 0.6 is 23.2 Å². The number of amidine groups is 1. The molecule has 0 amide bonds. The molecule has 3 aliphatic heterocycles. The minimum atomic E-state index is -0.577. The van der Waals surface area contributed by atoms with Crippen LogP contribution in [-0.4, -0.2) is 155 Å². The van der Waals surface area contributed by atoms with E-state index in [9.17, 15) is 30.6 Å². The third-order valence-electron chi connectivity index (χ3n) is 20.9. The van der Waals surface area contributed by atoms with Crippen LogP contribution in [-0.2, 0) is 26.4 Å².